The van der Waals surface area contributed by atoms with Gasteiger partial charge in [0.05, 0.1) is 64.0 Å². The summed E-state index contributed by atoms with van der Waals surface area (Å²) in [6.45, 7) is 14.2. The van der Waals surface area contributed by atoms with E-state index in [1.807, 2.05) is 0 Å². The molecule has 0 heterocycles. The summed E-state index contributed by atoms with van der Waals surface area (Å²) in [6.07, 6.45) is 44.1. The van der Waals surface area contributed by atoms with Crippen LogP contribution in [-0.4, -0.2) is 170 Å². The maximum absolute atomic E-state index is 13.2. The number of ether oxygens (including phenoxy) is 6. The minimum Gasteiger partial charge on any atom is -0.465 e. The first-order valence-corrected chi connectivity index (χ1v) is 40.8. The average Bonchev–Trinajstić information content (AvgIpc) is 1.66. The van der Waals surface area contributed by atoms with E-state index in [-0.39, 0.29) is 101 Å². The smallest absolute Gasteiger partial charge is 0.336 e. The number of aliphatic hydroxyl groups excluding tert-OH is 4. The highest BCUT2D eigenvalue weighted by Gasteiger charge is 2.28. The van der Waals surface area contributed by atoms with Crippen molar-refractivity contribution in [1.29, 1.82) is 0 Å². The van der Waals surface area contributed by atoms with Gasteiger partial charge < -0.3 is 48.8 Å². The summed E-state index contributed by atoms with van der Waals surface area (Å²) >= 11 is 0. The number of carbonyl (C=O) groups excluding carboxylic acids is 6. The van der Waals surface area contributed by atoms with Crippen LogP contribution in [0.25, 0.3) is 0 Å². The molecule has 18 heteroatoms. The van der Waals surface area contributed by atoms with Gasteiger partial charge in [0.1, 0.15) is 0 Å². The highest BCUT2D eigenvalue weighted by Crippen LogP contribution is 2.24. The second kappa shape index (κ2) is 70.6. The Kier molecular flexibility index (Phi) is 68.1. The molecule has 0 aromatic rings. The molecule has 0 aliphatic heterocycles. The van der Waals surface area contributed by atoms with Gasteiger partial charge in [0.15, 0.2) is 18.3 Å². The average molecular weight is 1400 g/mol. The fourth-order valence-electron chi connectivity index (χ4n) is 12.6. The van der Waals surface area contributed by atoms with E-state index >= 15 is 0 Å². The second-order valence-corrected chi connectivity index (χ2v) is 28.2. The molecule has 0 radical (unpaired) electrons. The molecule has 0 aliphatic rings. The number of nitrogens with zero attached hydrogens (tertiary/aromatic N) is 2. The molecular formula is C80H152N2O16. The van der Waals surface area contributed by atoms with E-state index in [4.69, 9.17) is 28.4 Å². The SMILES string of the molecule is CCCCCCCCC(CCCCCC)C(=O)OCCCCCCOC(=O)C(O)CN(CCO)CCCN(CC(O)C(=O)OCCCCCCOC(=O)C(CCCCCC)CCCCCCCC)CC(O)C(=O)OCCCCCCOC(=O)C(CCCCCC)CCCCCCCC. The summed E-state index contributed by atoms with van der Waals surface area (Å²) in [5.41, 5.74) is 0. The van der Waals surface area contributed by atoms with Crippen LogP contribution in [0.15, 0.2) is 0 Å². The van der Waals surface area contributed by atoms with Crippen LogP contribution in [0.3, 0.4) is 0 Å². The van der Waals surface area contributed by atoms with Crippen LogP contribution >= 0.6 is 0 Å². The van der Waals surface area contributed by atoms with Crippen molar-refractivity contribution in [3.05, 3.63) is 0 Å². The zero-order valence-electron chi connectivity index (χ0n) is 63.9. The number of esters is 6. The lowest BCUT2D eigenvalue weighted by Crippen LogP contribution is -2.45. The van der Waals surface area contributed by atoms with Crippen molar-refractivity contribution in [3.63, 3.8) is 0 Å². The molecule has 0 aromatic carbocycles. The number of aliphatic hydroxyl groups is 4. The fourth-order valence-corrected chi connectivity index (χ4v) is 12.6. The molecule has 0 aliphatic carbocycles. The zero-order valence-corrected chi connectivity index (χ0v) is 63.9. The monoisotopic (exact) mass is 1400 g/mol. The minimum absolute atomic E-state index is 0.0411. The standard InChI is InChI=1S/C80H152N2O16/c1-7-13-19-25-28-40-53-69(50-37-22-16-10-4)75(87)93-60-43-31-34-46-63-96-78(90)72(84)66-81(58-59-83)56-49-57-82(67-73(85)79(91)97-64-47-35-32-44-61-94-76(88)70(51-38-23-17-11-5)54-41-29-26-20-14-8-2)68-74(86)80(92)98-65-48-36-33-45-62-95-77(89)71(52-39-24-18-12-6)55-42-30-27-21-15-9-3/h69-74,83-86H,7-68H2,1-6H3. The summed E-state index contributed by atoms with van der Waals surface area (Å²) in [5.74, 6) is -2.89. The summed E-state index contributed by atoms with van der Waals surface area (Å²) in [4.78, 5) is 81.9. The van der Waals surface area contributed by atoms with Crippen LogP contribution in [0.2, 0.25) is 0 Å². The molecule has 0 aromatic heterocycles. The molecule has 0 rings (SSSR count). The Labute approximate surface area is 598 Å². The normalized spacial score (nSPS) is 13.5. The molecule has 98 heavy (non-hydrogen) atoms. The Morgan fingerprint density at radius 1 is 0.245 bits per heavy atom. The summed E-state index contributed by atoms with van der Waals surface area (Å²) in [5, 5.41) is 43.1. The van der Waals surface area contributed by atoms with Crippen molar-refractivity contribution in [1.82, 2.24) is 9.80 Å². The lowest BCUT2D eigenvalue weighted by atomic mass is 9.94. The molecule has 0 saturated carbocycles. The van der Waals surface area contributed by atoms with Gasteiger partial charge in [-0.15, -0.1) is 0 Å². The van der Waals surface area contributed by atoms with Gasteiger partial charge in [-0.1, -0.05) is 234 Å². The van der Waals surface area contributed by atoms with Crippen molar-refractivity contribution in [2.24, 2.45) is 17.8 Å². The van der Waals surface area contributed by atoms with E-state index in [9.17, 15) is 49.2 Å². The first-order valence-electron chi connectivity index (χ1n) is 40.8. The van der Waals surface area contributed by atoms with Crippen LogP contribution in [0.4, 0.5) is 0 Å². The Hall–Kier alpha value is -3.42. The van der Waals surface area contributed by atoms with Crippen molar-refractivity contribution in [2.75, 3.05) is 85.5 Å². The quantitative estimate of drug-likeness (QED) is 0.0251. The van der Waals surface area contributed by atoms with Crippen molar-refractivity contribution < 1.29 is 77.6 Å². The summed E-state index contributed by atoms with van der Waals surface area (Å²) in [7, 11) is 0. The molecule has 0 fully saturated rings. The zero-order chi connectivity index (χ0) is 72.2. The molecule has 6 atom stereocenters. The van der Waals surface area contributed by atoms with Crippen LogP contribution in [-0.2, 0) is 57.2 Å². The van der Waals surface area contributed by atoms with Gasteiger partial charge in [0, 0.05) is 26.2 Å². The maximum atomic E-state index is 13.2. The molecule has 578 valence electrons. The topological polar surface area (TPSA) is 245 Å². The lowest BCUT2D eigenvalue weighted by Gasteiger charge is -2.28. The van der Waals surface area contributed by atoms with Gasteiger partial charge in [0.25, 0.3) is 0 Å². The molecule has 0 bridgehead atoms. The molecule has 4 N–H and O–H groups in total. The van der Waals surface area contributed by atoms with Crippen LogP contribution in [0.1, 0.15) is 356 Å². The fraction of sp³-hybridized carbons (Fsp3) is 0.925. The van der Waals surface area contributed by atoms with Crippen LogP contribution < -0.4 is 0 Å². The number of carbonyl (C=O) groups is 6. The third-order valence-electron chi connectivity index (χ3n) is 19.0. The van der Waals surface area contributed by atoms with Crippen LogP contribution in [0, 0.1) is 17.8 Å². The Morgan fingerprint density at radius 3 is 0.684 bits per heavy atom. The lowest BCUT2D eigenvalue weighted by molar-refractivity contribution is -0.157. The maximum Gasteiger partial charge on any atom is 0.336 e. The van der Waals surface area contributed by atoms with Gasteiger partial charge in [-0.25, -0.2) is 14.4 Å². The van der Waals surface area contributed by atoms with Gasteiger partial charge >= 0.3 is 35.8 Å². The molecular weight excluding hydrogens is 1240 g/mol. The number of rotatable bonds is 75. The van der Waals surface area contributed by atoms with E-state index in [0.717, 1.165) is 173 Å². The summed E-state index contributed by atoms with van der Waals surface area (Å²) < 4.78 is 33.6. The Balaban J connectivity index is 5.42. The number of hydrogen-bond donors (Lipinski definition) is 4. The van der Waals surface area contributed by atoms with Gasteiger partial charge in [0.2, 0.25) is 0 Å². The predicted octanol–water partition coefficient (Wildman–Crippen LogP) is 17.0. The number of hydrogen-bond acceptors (Lipinski definition) is 18. The highest BCUT2D eigenvalue weighted by molar-refractivity contribution is 5.76. The Bertz CT molecular complexity index is 1760. The van der Waals surface area contributed by atoms with Gasteiger partial charge in [-0.05, 0) is 135 Å². The van der Waals surface area contributed by atoms with Crippen LogP contribution in [0.5, 0.6) is 0 Å². The van der Waals surface area contributed by atoms with Crippen molar-refractivity contribution in [2.45, 2.75) is 374 Å². The highest BCUT2D eigenvalue weighted by atomic mass is 16.6. The minimum atomic E-state index is -1.61. The van der Waals surface area contributed by atoms with E-state index < -0.39 is 36.2 Å². The van der Waals surface area contributed by atoms with Gasteiger partial charge in [-0.2, -0.15) is 0 Å². The third-order valence-corrected chi connectivity index (χ3v) is 19.0. The van der Waals surface area contributed by atoms with E-state index in [0.29, 0.717) is 64.8 Å². The Morgan fingerprint density at radius 2 is 0.439 bits per heavy atom. The molecule has 0 amide bonds. The van der Waals surface area contributed by atoms with E-state index in [1.54, 1.807) is 9.80 Å². The van der Waals surface area contributed by atoms with Crippen molar-refractivity contribution >= 4 is 35.8 Å². The molecule has 18 nitrogen and oxygen atoms in total. The van der Waals surface area contributed by atoms with Gasteiger partial charge in [-0.3, -0.25) is 24.2 Å². The largest absolute Gasteiger partial charge is 0.465 e. The molecule has 0 saturated heterocycles. The van der Waals surface area contributed by atoms with E-state index in [2.05, 4.69) is 41.5 Å². The molecule has 6 unspecified atom stereocenters. The summed E-state index contributed by atoms with van der Waals surface area (Å²) in [6, 6.07) is 0. The first-order chi connectivity index (χ1) is 47.7. The molecule has 0 spiro atoms. The first kappa shape index (κ1) is 94.6. The predicted molar refractivity (Wildman–Crippen MR) is 394 cm³/mol. The van der Waals surface area contributed by atoms with E-state index in [1.165, 1.54) is 96.3 Å². The second-order valence-electron chi connectivity index (χ2n) is 28.2. The number of unbranched alkanes of at least 4 members (excludes halogenated alkanes) is 33. The van der Waals surface area contributed by atoms with Crippen molar-refractivity contribution in [3.8, 4) is 0 Å². The third kappa shape index (κ3) is 57.1.